The Balaban J connectivity index is 0.00000240. The number of Topliss-reactive ketones (excluding diaryl/α,β-unsaturated/α-hetero) is 1. The molecule has 6 aliphatic rings. The maximum atomic E-state index is 13.7. The van der Waals surface area contributed by atoms with Crippen molar-refractivity contribution in [1.82, 2.24) is 5.32 Å². The van der Waals surface area contributed by atoms with Gasteiger partial charge in [-0.25, -0.2) is 15.0 Å². The minimum absolute atomic E-state index is 0. The van der Waals surface area contributed by atoms with E-state index in [-0.39, 0.29) is 94.7 Å². The van der Waals surface area contributed by atoms with Crippen LogP contribution in [0.4, 0.5) is 0 Å². The Kier molecular flexibility index (Phi) is 10.5. The van der Waals surface area contributed by atoms with Gasteiger partial charge in [0, 0.05) is 51.5 Å². The molecular formula is C34H30N4Na2O6. The number of ketones is 1. The Morgan fingerprint density at radius 2 is 1.76 bits per heavy atom. The van der Waals surface area contributed by atoms with Crippen molar-refractivity contribution in [3.8, 4) is 0 Å². The third kappa shape index (κ3) is 5.59. The van der Waals surface area contributed by atoms with Crippen LogP contribution in [0.25, 0.3) is 0 Å². The number of aliphatic hydroxyl groups is 1. The van der Waals surface area contributed by atoms with Crippen molar-refractivity contribution in [3.05, 3.63) is 105 Å². The molecule has 3 atom stereocenters. The van der Waals surface area contributed by atoms with Gasteiger partial charge < -0.3 is 30.2 Å². The van der Waals surface area contributed by atoms with Gasteiger partial charge in [-0.3, -0.25) is 4.79 Å². The fourth-order valence-corrected chi connectivity index (χ4v) is 6.87. The molecule has 46 heavy (non-hydrogen) atoms. The van der Waals surface area contributed by atoms with Crippen molar-refractivity contribution in [2.75, 3.05) is 0 Å². The number of aliphatic carboxylic acids is 2. The zero-order valence-corrected chi connectivity index (χ0v) is 30.8. The van der Waals surface area contributed by atoms with Gasteiger partial charge in [0.2, 0.25) is 0 Å². The Morgan fingerprint density at radius 3 is 2.37 bits per heavy atom. The van der Waals surface area contributed by atoms with Crippen LogP contribution in [-0.4, -0.2) is 40.0 Å². The van der Waals surface area contributed by atoms with Crippen LogP contribution in [0.2, 0.25) is 0 Å². The predicted molar refractivity (Wildman–Crippen MR) is 161 cm³/mol. The molecule has 5 aliphatic heterocycles. The van der Waals surface area contributed by atoms with Gasteiger partial charge in [-0.05, 0) is 68.1 Å². The van der Waals surface area contributed by atoms with Crippen molar-refractivity contribution in [3.63, 3.8) is 0 Å². The molecule has 0 amide bonds. The largest absolute Gasteiger partial charge is 1.00 e. The van der Waals surface area contributed by atoms with E-state index >= 15 is 0 Å². The molecule has 0 aromatic heterocycles. The number of carbonyl (C=O) groups excluding carboxylic acids is 3. The molecule has 2 fully saturated rings. The third-order valence-corrected chi connectivity index (χ3v) is 9.19. The van der Waals surface area contributed by atoms with Crippen molar-refractivity contribution in [2.45, 2.75) is 47.0 Å². The maximum Gasteiger partial charge on any atom is 1.00 e. The molecular weight excluding hydrogens is 606 g/mol. The molecule has 5 heterocycles. The van der Waals surface area contributed by atoms with Crippen molar-refractivity contribution in [2.24, 2.45) is 32.7 Å². The third-order valence-electron chi connectivity index (χ3n) is 9.19. The molecule has 10 nitrogen and oxygen atoms in total. The molecule has 2 N–H and O–H groups in total. The fraction of sp³-hybridized carbons (Fsp3) is 0.294. The summed E-state index contributed by atoms with van der Waals surface area (Å²) < 4.78 is 0. The molecule has 8 bridgehead atoms. The summed E-state index contributed by atoms with van der Waals surface area (Å²) in [7, 11) is 0. The molecule has 0 aromatic rings. The summed E-state index contributed by atoms with van der Waals surface area (Å²) in [4.78, 5) is 52.2. The number of carboxylic acids is 2. The van der Waals surface area contributed by atoms with Gasteiger partial charge in [0.05, 0.1) is 52.4 Å². The summed E-state index contributed by atoms with van der Waals surface area (Å²) >= 11 is 0. The van der Waals surface area contributed by atoms with Gasteiger partial charge in [0.25, 0.3) is 0 Å². The summed E-state index contributed by atoms with van der Waals surface area (Å²) in [5, 5.41) is 37.6. The minimum Gasteiger partial charge on any atom is -0.550 e. The second kappa shape index (κ2) is 13.5. The molecule has 0 radical (unpaired) electrons. The number of hydrogen-bond donors (Lipinski definition) is 2. The Labute approximate surface area is 310 Å². The topological polar surface area (TPSA) is 167 Å². The monoisotopic (exact) mass is 636 g/mol. The van der Waals surface area contributed by atoms with Crippen LogP contribution < -0.4 is 74.6 Å². The van der Waals surface area contributed by atoms with E-state index in [2.05, 4.69) is 11.9 Å². The normalized spacial score (nSPS) is 25.4. The fourth-order valence-electron chi connectivity index (χ4n) is 6.87. The van der Waals surface area contributed by atoms with Crippen LogP contribution in [0, 0.1) is 17.8 Å². The Bertz CT molecular complexity index is 1860. The SMILES string of the molecule is C=CC1=C(C)C2=NC1=CC1=NC(=C(CC)C1=CO)C=C1N=C3C(=C1C)C(=O)[C@H](C(=O)[O-])C3=C1NC(=C2)[C@@H](C)[C@@H]1CCC(=O)[O-].[Na+].[Na+]. The molecule has 0 aromatic carbocycles. The molecule has 12 heteroatoms. The number of aliphatic hydroxyl groups excluding tert-OH is 1. The van der Waals surface area contributed by atoms with E-state index in [4.69, 9.17) is 15.0 Å². The van der Waals surface area contributed by atoms with Gasteiger partial charge in [-0.2, -0.15) is 0 Å². The standard InChI is InChI=1S/C34H32N4O6.2Na/c1-6-17-14(3)21-10-22-15(4)19(8-9-27(40)41)31(37-22)29-30(34(43)44)33(42)28-16(5)23(38-32(28)29)11-25-18(7-2)20(13-39)26(36-25)12-24(17)35-21;;/h6,10-13,15,19,30,37,39H,1,7-9H2,2-5H3,(H,40,41)(H,43,44);;/q;2*+1/p-2/t15-,19-,30+;;/m0../s1. The molecule has 0 unspecified atom stereocenters. The van der Waals surface area contributed by atoms with Crippen LogP contribution in [0.5, 0.6) is 0 Å². The van der Waals surface area contributed by atoms with Crippen LogP contribution in [0.1, 0.15) is 47.0 Å². The summed E-state index contributed by atoms with van der Waals surface area (Å²) in [6.45, 7) is 11.5. The van der Waals surface area contributed by atoms with Crippen LogP contribution >= 0.6 is 0 Å². The number of carbonyl (C=O) groups is 3. The van der Waals surface area contributed by atoms with Crippen LogP contribution in [0.15, 0.2) is 120 Å². The number of allylic oxidation sites excluding steroid dienone is 11. The van der Waals surface area contributed by atoms with Gasteiger partial charge >= 0.3 is 59.1 Å². The van der Waals surface area contributed by atoms with E-state index in [1.807, 2.05) is 26.8 Å². The molecule has 224 valence electrons. The van der Waals surface area contributed by atoms with E-state index < -0.39 is 29.6 Å². The Morgan fingerprint density at radius 1 is 1.04 bits per heavy atom. The van der Waals surface area contributed by atoms with E-state index in [1.165, 1.54) is 0 Å². The number of rotatable bonds is 6. The van der Waals surface area contributed by atoms with Crippen molar-refractivity contribution < 1.29 is 88.8 Å². The number of nitrogens with zero attached hydrogens (tertiary/aromatic N) is 3. The minimum atomic E-state index is -1.60. The van der Waals surface area contributed by atoms with E-state index in [0.29, 0.717) is 57.5 Å². The quantitative estimate of drug-likeness (QED) is 0.174. The summed E-state index contributed by atoms with van der Waals surface area (Å²) in [5.41, 5.74) is 7.91. The van der Waals surface area contributed by atoms with Crippen LogP contribution in [0.3, 0.4) is 0 Å². The zero-order chi connectivity index (χ0) is 31.6. The van der Waals surface area contributed by atoms with E-state index in [9.17, 15) is 29.7 Å². The molecule has 1 aliphatic carbocycles. The molecule has 1 saturated carbocycles. The number of hydrogen-bond acceptors (Lipinski definition) is 10. The first kappa shape index (κ1) is 35.7. The first-order valence-electron chi connectivity index (χ1n) is 14.5. The summed E-state index contributed by atoms with van der Waals surface area (Å²) in [6.07, 6.45) is 8.55. The number of fused-ring (bicyclic) bond motifs is 5. The van der Waals surface area contributed by atoms with Gasteiger partial charge in [0.15, 0.2) is 5.78 Å². The molecule has 1 saturated heterocycles. The molecule has 6 rings (SSSR count). The second-order valence-corrected chi connectivity index (χ2v) is 11.5. The van der Waals surface area contributed by atoms with Crippen molar-refractivity contribution >= 4 is 34.9 Å². The van der Waals surface area contributed by atoms with E-state index in [0.717, 1.165) is 23.0 Å². The van der Waals surface area contributed by atoms with E-state index in [1.54, 1.807) is 25.2 Å². The van der Waals surface area contributed by atoms with Crippen molar-refractivity contribution in [1.29, 1.82) is 0 Å². The second-order valence-electron chi connectivity index (χ2n) is 11.5. The number of carboxylic acid groups (broad SMARTS) is 2. The average Bonchev–Trinajstić information content (AvgIpc) is 3.72. The Hall–Kier alpha value is -3.12. The first-order chi connectivity index (χ1) is 21.0. The van der Waals surface area contributed by atoms with Crippen LogP contribution in [-0.2, 0) is 14.4 Å². The maximum absolute atomic E-state index is 13.7. The first-order valence-corrected chi connectivity index (χ1v) is 14.5. The molecule has 0 spiro atoms. The van der Waals surface area contributed by atoms with Gasteiger partial charge in [-0.15, -0.1) is 0 Å². The number of nitrogens with one attached hydrogen (secondary N) is 1. The smallest absolute Gasteiger partial charge is 0.550 e. The van der Waals surface area contributed by atoms with Gasteiger partial charge in [0.1, 0.15) is 0 Å². The zero-order valence-electron chi connectivity index (χ0n) is 26.8. The average molecular weight is 637 g/mol. The predicted octanol–water partition coefficient (Wildman–Crippen LogP) is -3.46. The summed E-state index contributed by atoms with van der Waals surface area (Å²) in [5.74, 6) is -5.76. The van der Waals surface area contributed by atoms with Gasteiger partial charge in [-0.1, -0.05) is 26.5 Å². The number of aliphatic imine (C=N–C) groups is 3. The summed E-state index contributed by atoms with van der Waals surface area (Å²) in [6, 6.07) is 0.